The van der Waals surface area contributed by atoms with E-state index in [1.807, 2.05) is 24.3 Å². The Morgan fingerprint density at radius 3 is 2.46 bits per heavy atom. The Kier molecular flexibility index (Phi) is 1.80. The SMILES string of the molecule is C[C@@]1(c2ccccc2)C=CC(=O)C1. The van der Waals surface area contributed by atoms with E-state index in [0.717, 1.165) is 0 Å². The molecule has 0 bridgehead atoms. The van der Waals surface area contributed by atoms with Crippen molar-refractivity contribution < 1.29 is 4.79 Å². The first kappa shape index (κ1) is 8.24. The Balaban J connectivity index is 2.37. The largest absolute Gasteiger partial charge is 0.295 e. The lowest BCUT2D eigenvalue weighted by Gasteiger charge is -2.21. The zero-order valence-corrected chi connectivity index (χ0v) is 7.66. The summed E-state index contributed by atoms with van der Waals surface area (Å²) in [7, 11) is 0. The Morgan fingerprint density at radius 1 is 1.23 bits per heavy atom. The molecule has 2 rings (SSSR count). The van der Waals surface area contributed by atoms with Gasteiger partial charge in [0.05, 0.1) is 0 Å². The van der Waals surface area contributed by atoms with Crippen LogP contribution in [0, 0.1) is 0 Å². The van der Waals surface area contributed by atoms with Crippen molar-refractivity contribution in [1.82, 2.24) is 0 Å². The average Bonchev–Trinajstić information content (AvgIpc) is 2.49. The molecule has 0 spiro atoms. The quantitative estimate of drug-likeness (QED) is 0.636. The number of hydrogen-bond acceptors (Lipinski definition) is 1. The molecule has 0 aromatic heterocycles. The lowest BCUT2D eigenvalue weighted by Crippen LogP contribution is -2.17. The fourth-order valence-electron chi connectivity index (χ4n) is 1.77. The van der Waals surface area contributed by atoms with Crippen molar-refractivity contribution >= 4 is 5.78 Å². The minimum atomic E-state index is -0.0711. The molecule has 1 aliphatic rings. The van der Waals surface area contributed by atoms with Gasteiger partial charge in [0.2, 0.25) is 0 Å². The third kappa shape index (κ3) is 1.42. The van der Waals surface area contributed by atoms with Crippen LogP contribution in [0.3, 0.4) is 0 Å². The molecule has 1 aliphatic carbocycles. The van der Waals surface area contributed by atoms with E-state index in [2.05, 4.69) is 19.1 Å². The molecule has 0 saturated carbocycles. The third-order valence-corrected chi connectivity index (χ3v) is 2.61. The maximum Gasteiger partial charge on any atom is 0.156 e. The number of hydrogen-bond donors (Lipinski definition) is 0. The Bertz CT molecular complexity index is 351. The molecule has 66 valence electrons. The summed E-state index contributed by atoms with van der Waals surface area (Å²) in [6, 6.07) is 10.2. The average molecular weight is 172 g/mol. The fourth-order valence-corrected chi connectivity index (χ4v) is 1.77. The zero-order valence-electron chi connectivity index (χ0n) is 7.66. The van der Waals surface area contributed by atoms with Crippen LogP contribution in [0.25, 0.3) is 0 Å². The summed E-state index contributed by atoms with van der Waals surface area (Å²) in [5, 5.41) is 0. The molecule has 1 atom stereocenters. The summed E-state index contributed by atoms with van der Waals surface area (Å²) in [6.07, 6.45) is 4.30. The van der Waals surface area contributed by atoms with Gasteiger partial charge in [0, 0.05) is 11.8 Å². The van der Waals surface area contributed by atoms with E-state index in [0.29, 0.717) is 6.42 Å². The predicted molar refractivity (Wildman–Crippen MR) is 52.6 cm³/mol. The molecule has 0 N–H and O–H groups in total. The second-order valence-electron chi connectivity index (χ2n) is 3.76. The summed E-state index contributed by atoms with van der Waals surface area (Å²) in [5.41, 5.74) is 1.15. The molecule has 0 aliphatic heterocycles. The Labute approximate surface area is 78.1 Å². The molecular weight excluding hydrogens is 160 g/mol. The Morgan fingerprint density at radius 2 is 1.92 bits per heavy atom. The highest BCUT2D eigenvalue weighted by atomic mass is 16.1. The lowest BCUT2D eigenvalue weighted by atomic mass is 9.82. The van der Waals surface area contributed by atoms with E-state index in [-0.39, 0.29) is 11.2 Å². The summed E-state index contributed by atoms with van der Waals surface area (Å²) in [4.78, 5) is 11.1. The van der Waals surface area contributed by atoms with E-state index in [1.165, 1.54) is 5.56 Å². The van der Waals surface area contributed by atoms with Crippen molar-refractivity contribution in [3.05, 3.63) is 48.0 Å². The normalized spacial score (nSPS) is 26.7. The lowest BCUT2D eigenvalue weighted by molar-refractivity contribution is -0.114. The second kappa shape index (κ2) is 2.84. The van der Waals surface area contributed by atoms with Crippen LogP contribution < -0.4 is 0 Å². The summed E-state index contributed by atoms with van der Waals surface area (Å²) >= 11 is 0. The minimum Gasteiger partial charge on any atom is -0.295 e. The van der Waals surface area contributed by atoms with Crippen molar-refractivity contribution in [2.45, 2.75) is 18.8 Å². The molecule has 1 nitrogen and oxygen atoms in total. The van der Waals surface area contributed by atoms with Crippen LogP contribution in [0.1, 0.15) is 18.9 Å². The molecule has 1 heteroatoms. The monoisotopic (exact) mass is 172 g/mol. The number of allylic oxidation sites excluding steroid dienone is 2. The smallest absolute Gasteiger partial charge is 0.156 e. The maximum absolute atomic E-state index is 11.1. The van der Waals surface area contributed by atoms with E-state index in [1.54, 1.807) is 6.08 Å². The van der Waals surface area contributed by atoms with Gasteiger partial charge in [-0.15, -0.1) is 0 Å². The van der Waals surface area contributed by atoms with Crippen molar-refractivity contribution in [1.29, 1.82) is 0 Å². The summed E-state index contributed by atoms with van der Waals surface area (Å²) in [5.74, 6) is 0.228. The highest BCUT2D eigenvalue weighted by Gasteiger charge is 2.30. The van der Waals surface area contributed by atoms with Crippen molar-refractivity contribution in [2.75, 3.05) is 0 Å². The molecule has 0 amide bonds. The molecule has 0 unspecified atom stereocenters. The van der Waals surface area contributed by atoms with Gasteiger partial charge in [0.1, 0.15) is 0 Å². The number of carbonyl (C=O) groups is 1. The van der Waals surface area contributed by atoms with Crippen molar-refractivity contribution in [3.63, 3.8) is 0 Å². The first-order chi connectivity index (χ1) is 6.21. The van der Waals surface area contributed by atoms with E-state index in [9.17, 15) is 4.79 Å². The van der Waals surface area contributed by atoms with Crippen LogP contribution in [0.2, 0.25) is 0 Å². The third-order valence-electron chi connectivity index (χ3n) is 2.61. The van der Waals surface area contributed by atoms with Gasteiger partial charge in [-0.1, -0.05) is 43.3 Å². The topological polar surface area (TPSA) is 17.1 Å². The van der Waals surface area contributed by atoms with Crippen LogP contribution in [-0.2, 0) is 10.2 Å². The van der Waals surface area contributed by atoms with Crippen LogP contribution in [0.4, 0.5) is 0 Å². The first-order valence-corrected chi connectivity index (χ1v) is 4.48. The Hall–Kier alpha value is -1.37. The van der Waals surface area contributed by atoms with E-state index in [4.69, 9.17) is 0 Å². The van der Waals surface area contributed by atoms with Crippen molar-refractivity contribution in [2.24, 2.45) is 0 Å². The second-order valence-corrected chi connectivity index (χ2v) is 3.76. The first-order valence-electron chi connectivity index (χ1n) is 4.48. The maximum atomic E-state index is 11.1. The van der Waals surface area contributed by atoms with E-state index < -0.39 is 0 Å². The highest BCUT2D eigenvalue weighted by molar-refractivity contribution is 5.94. The fraction of sp³-hybridized carbons (Fsp3) is 0.250. The summed E-state index contributed by atoms with van der Waals surface area (Å²) < 4.78 is 0. The predicted octanol–water partition coefficient (Wildman–Crippen LogP) is 2.47. The van der Waals surface area contributed by atoms with Crippen LogP contribution in [0.15, 0.2) is 42.5 Å². The van der Waals surface area contributed by atoms with Gasteiger partial charge < -0.3 is 0 Å². The summed E-state index contributed by atoms with van der Waals surface area (Å²) in [6.45, 7) is 2.10. The molecular formula is C12H12O. The zero-order chi connectivity index (χ0) is 9.31. The molecule has 1 aromatic rings. The van der Waals surface area contributed by atoms with Gasteiger partial charge in [-0.25, -0.2) is 0 Å². The molecule has 0 heterocycles. The molecule has 0 radical (unpaired) electrons. The highest BCUT2D eigenvalue weighted by Crippen LogP contribution is 2.33. The van der Waals surface area contributed by atoms with Crippen LogP contribution in [0.5, 0.6) is 0 Å². The number of ketones is 1. The van der Waals surface area contributed by atoms with Crippen LogP contribution in [-0.4, -0.2) is 5.78 Å². The van der Waals surface area contributed by atoms with Crippen molar-refractivity contribution in [3.8, 4) is 0 Å². The molecule has 0 fully saturated rings. The van der Waals surface area contributed by atoms with Crippen LogP contribution >= 0.6 is 0 Å². The minimum absolute atomic E-state index is 0.0711. The van der Waals surface area contributed by atoms with E-state index >= 15 is 0 Å². The standard InChI is InChI=1S/C12H12O/c1-12(8-7-11(13)9-12)10-5-3-2-4-6-10/h2-8H,9H2,1H3/t12-/m1/s1. The van der Waals surface area contributed by atoms with Gasteiger partial charge in [-0.3, -0.25) is 4.79 Å². The molecule has 0 saturated heterocycles. The van der Waals surface area contributed by atoms with Gasteiger partial charge >= 0.3 is 0 Å². The van der Waals surface area contributed by atoms with Gasteiger partial charge in [0.25, 0.3) is 0 Å². The number of carbonyl (C=O) groups excluding carboxylic acids is 1. The molecule has 13 heavy (non-hydrogen) atoms. The molecule has 1 aromatic carbocycles. The number of benzene rings is 1. The van der Waals surface area contributed by atoms with Gasteiger partial charge in [-0.05, 0) is 11.6 Å². The van der Waals surface area contributed by atoms with Gasteiger partial charge in [0.15, 0.2) is 5.78 Å². The van der Waals surface area contributed by atoms with Gasteiger partial charge in [-0.2, -0.15) is 0 Å². The number of rotatable bonds is 1.